The van der Waals surface area contributed by atoms with Crippen LogP contribution in [0.4, 0.5) is 5.69 Å². The van der Waals surface area contributed by atoms with Crippen molar-refractivity contribution >= 4 is 32.7 Å². The van der Waals surface area contributed by atoms with Crippen molar-refractivity contribution in [3.63, 3.8) is 0 Å². The molecule has 4 rings (SSSR count). The highest BCUT2D eigenvalue weighted by Crippen LogP contribution is 2.29. The van der Waals surface area contributed by atoms with E-state index < -0.39 is 21.5 Å². The summed E-state index contributed by atoms with van der Waals surface area (Å²) in [5.74, 6) is 0.525. The molecule has 0 saturated carbocycles. The molecule has 1 aliphatic rings. The Labute approximate surface area is 197 Å². The van der Waals surface area contributed by atoms with Crippen molar-refractivity contribution in [3.05, 3.63) is 52.9 Å². The molecule has 0 spiro atoms. The number of ether oxygens (including phenoxy) is 2. The van der Waals surface area contributed by atoms with Crippen LogP contribution in [0, 0.1) is 0 Å². The van der Waals surface area contributed by atoms with E-state index in [1.165, 1.54) is 41.3 Å². The molecule has 3 aromatic rings. The van der Waals surface area contributed by atoms with Gasteiger partial charge < -0.3 is 14.8 Å². The maximum Gasteiger partial charge on any atom is 0.269 e. The van der Waals surface area contributed by atoms with Crippen LogP contribution in [-0.2, 0) is 21.4 Å². The third-order valence-electron chi connectivity index (χ3n) is 5.76. The van der Waals surface area contributed by atoms with E-state index in [1.807, 2.05) is 0 Å². The molecule has 1 fully saturated rings. The minimum absolute atomic E-state index is 0.118. The molecule has 1 aliphatic heterocycles. The molecule has 1 amide bonds. The number of methoxy groups -OCH3 is 2. The van der Waals surface area contributed by atoms with Gasteiger partial charge in [0.15, 0.2) is 0 Å². The van der Waals surface area contributed by atoms with Gasteiger partial charge >= 0.3 is 0 Å². The Morgan fingerprint density at radius 3 is 2.53 bits per heavy atom. The van der Waals surface area contributed by atoms with Gasteiger partial charge in [-0.2, -0.15) is 4.31 Å². The number of piperidine rings is 1. The highest BCUT2D eigenvalue weighted by molar-refractivity contribution is 7.89. The first kappa shape index (κ1) is 23.7. The molecule has 2 heterocycles. The quantitative estimate of drug-likeness (QED) is 0.544. The van der Waals surface area contributed by atoms with Gasteiger partial charge in [0.1, 0.15) is 18.0 Å². The first-order valence-electron chi connectivity index (χ1n) is 10.8. The predicted octanol–water partition coefficient (Wildman–Crippen LogP) is 2.23. The monoisotopic (exact) mass is 486 g/mol. The summed E-state index contributed by atoms with van der Waals surface area (Å²) >= 11 is 0. The number of fused-ring (bicyclic) bond motifs is 1. The molecule has 0 atom stereocenters. The number of carbonyl (C=O) groups excluding carboxylic acids is 1. The van der Waals surface area contributed by atoms with Crippen LogP contribution in [0.5, 0.6) is 11.5 Å². The zero-order valence-electron chi connectivity index (χ0n) is 19.0. The molecule has 10 nitrogen and oxygen atoms in total. The first-order chi connectivity index (χ1) is 16.3. The number of nitrogens with one attached hydrogen (secondary N) is 1. The van der Waals surface area contributed by atoms with Crippen molar-refractivity contribution in [1.82, 2.24) is 13.9 Å². The number of hydrogen-bond donors (Lipinski definition) is 1. The summed E-state index contributed by atoms with van der Waals surface area (Å²) in [7, 11) is -0.653. The number of amides is 1. The normalized spacial score (nSPS) is 14.6. The van der Waals surface area contributed by atoms with E-state index in [4.69, 9.17) is 9.47 Å². The maximum atomic E-state index is 13.0. The third-order valence-corrected chi connectivity index (χ3v) is 7.65. The smallest absolute Gasteiger partial charge is 0.269 e. The Balaban J connectivity index is 1.61. The Kier molecular flexibility index (Phi) is 6.85. The van der Waals surface area contributed by atoms with E-state index in [1.54, 1.807) is 18.2 Å². The number of aromatic nitrogens is 2. The molecule has 0 bridgehead atoms. The van der Waals surface area contributed by atoms with Crippen molar-refractivity contribution in [2.24, 2.45) is 0 Å². The molecule has 11 heteroatoms. The Bertz CT molecular complexity index is 1380. The van der Waals surface area contributed by atoms with Crippen molar-refractivity contribution in [2.75, 3.05) is 32.6 Å². The van der Waals surface area contributed by atoms with Gasteiger partial charge in [-0.15, -0.1) is 0 Å². The summed E-state index contributed by atoms with van der Waals surface area (Å²) in [6.45, 7) is 0.690. The summed E-state index contributed by atoms with van der Waals surface area (Å²) in [6.07, 6.45) is 3.76. The Hall–Kier alpha value is -3.44. The lowest BCUT2D eigenvalue weighted by atomic mass is 10.2. The zero-order chi connectivity index (χ0) is 24.3. The number of sulfonamides is 1. The van der Waals surface area contributed by atoms with Gasteiger partial charge in [0, 0.05) is 19.2 Å². The first-order valence-corrected chi connectivity index (χ1v) is 12.3. The zero-order valence-corrected chi connectivity index (χ0v) is 19.8. The van der Waals surface area contributed by atoms with Crippen molar-refractivity contribution in [1.29, 1.82) is 0 Å². The summed E-state index contributed by atoms with van der Waals surface area (Å²) in [5, 5.41) is 2.73. The van der Waals surface area contributed by atoms with Crippen LogP contribution in [0.2, 0.25) is 0 Å². The fourth-order valence-corrected chi connectivity index (χ4v) is 5.50. The van der Waals surface area contributed by atoms with Crippen LogP contribution in [0.1, 0.15) is 19.3 Å². The molecular weight excluding hydrogens is 460 g/mol. The second-order valence-electron chi connectivity index (χ2n) is 7.91. The number of benzene rings is 2. The SMILES string of the molecule is COc1ccc(NC(=O)Cn2c(=O)cnc3cc(S(=O)(=O)N4CCCCC4)ccc32)c(OC)c1. The lowest BCUT2D eigenvalue weighted by Crippen LogP contribution is -2.35. The van der Waals surface area contributed by atoms with Crippen LogP contribution in [-0.4, -0.2) is 55.5 Å². The largest absolute Gasteiger partial charge is 0.497 e. The number of carbonyl (C=O) groups is 1. The van der Waals surface area contributed by atoms with E-state index in [0.29, 0.717) is 41.3 Å². The molecule has 0 aliphatic carbocycles. The van der Waals surface area contributed by atoms with Gasteiger partial charge in [-0.1, -0.05) is 6.42 Å². The van der Waals surface area contributed by atoms with Crippen LogP contribution in [0.25, 0.3) is 11.0 Å². The molecule has 1 N–H and O–H groups in total. The summed E-state index contributed by atoms with van der Waals surface area (Å²) < 4.78 is 39.2. The number of rotatable bonds is 7. The highest BCUT2D eigenvalue weighted by atomic mass is 32.2. The molecule has 0 unspecified atom stereocenters. The van der Waals surface area contributed by atoms with E-state index in [9.17, 15) is 18.0 Å². The Morgan fingerprint density at radius 2 is 1.82 bits per heavy atom. The van der Waals surface area contributed by atoms with E-state index >= 15 is 0 Å². The van der Waals surface area contributed by atoms with Crippen LogP contribution >= 0.6 is 0 Å². The topological polar surface area (TPSA) is 120 Å². The summed E-state index contributed by atoms with van der Waals surface area (Å²) in [5.41, 5.74) is 0.625. The molecule has 1 saturated heterocycles. The second kappa shape index (κ2) is 9.82. The molecule has 1 aromatic heterocycles. The van der Waals surface area contributed by atoms with Crippen molar-refractivity contribution < 1.29 is 22.7 Å². The van der Waals surface area contributed by atoms with Gasteiger partial charge in [0.2, 0.25) is 15.9 Å². The second-order valence-corrected chi connectivity index (χ2v) is 9.85. The van der Waals surface area contributed by atoms with Gasteiger partial charge in [-0.25, -0.2) is 13.4 Å². The standard InChI is InChI=1S/C23H26N4O6S/c1-32-16-6-8-18(21(12-16)33-2)25-22(28)15-27-20-9-7-17(13-19(20)24-14-23(27)29)34(30,31)26-10-4-3-5-11-26/h6-9,12-14H,3-5,10-11,15H2,1-2H3,(H,25,28). The highest BCUT2D eigenvalue weighted by Gasteiger charge is 2.26. The molecule has 180 valence electrons. The number of hydrogen-bond acceptors (Lipinski definition) is 7. The number of anilines is 1. The van der Waals surface area contributed by atoms with E-state index in [0.717, 1.165) is 25.5 Å². The molecule has 0 radical (unpaired) electrons. The van der Waals surface area contributed by atoms with Crippen LogP contribution in [0.15, 0.2) is 52.3 Å². The van der Waals surface area contributed by atoms with E-state index in [2.05, 4.69) is 10.3 Å². The molecule has 34 heavy (non-hydrogen) atoms. The van der Waals surface area contributed by atoms with Crippen LogP contribution < -0.4 is 20.3 Å². The van der Waals surface area contributed by atoms with Gasteiger partial charge in [0.05, 0.1) is 42.0 Å². The van der Waals surface area contributed by atoms with Crippen LogP contribution in [0.3, 0.4) is 0 Å². The fourth-order valence-electron chi connectivity index (χ4n) is 3.96. The average Bonchev–Trinajstić information content (AvgIpc) is 2.86. The summed E-state index contributed by atoms with van der Waals surface area (Å²) in [6, 6.07) is 9.36. The maximum absolute atomic E-state index is 13.0. The molecule has 2 aromatic carbocycles. The van der Waals surface area contributed by atoms with Crippen molar-refractivity contribution in [3.8, 4) is 11.5 Å². The minimum Gasteiger partial charge on any atom is -0.497 e. The van der Waals surface area contributed by atoms with E-state index in [-0.39, 0.29) is 11.4 Å². The van der Waals surface area contributed by atoms with Crippen molar-refractivity contribution in [2.45, 2.75) is 30.7 Å². The average molecular weight is 487 g/mol. The lowest BCUT2D eigenvalue weighted by Gasteiger charge is -2.26. The number of nitrogens with zero attached hydrogens (tertiary/aromatic N) is 3. The Morgan fingerprint density at radius 1 is 1.06 bits per heavy atom. The molecular formula is C23H26N4O6S. The summed E-state index contributed by atoms with van der Waals surface area (Å²) in [4.78, 5) is 29.5. The van der Waals surface area contributed by atoms with Gasteiger partial charge in [-0.3, -0.25) is 14.2 Å². The van der Waals surface area contributed by atoms with Gasteiger partial charge in [0.25, 0.3) is 5.56 Å². The predicted molar refractivity (Wildman–Crippen MR) is 127 cm³/mol. The van der Waals surface area contributed by atoms with Gasteiger partial charge in [-0.05, 0) is 43.2 Å². The minimum atomic E-state index is -3.65. The third kappa shape index (κ3) is 4.75. The lowest BCUT2D eigenvalue weighted by molar-refractivity contribution is -0.116. The fraction of sp³-hybridized carbons (Fsp3) is 0.348.